The third-order valence-electron chi connectivity index (χ3n) is 4.63. The van der Waals surface area contributed by atoms with Gasteiger partial charge in [-0.15, -0.1) is 11.3 Å². The number of hydrogen-bond acceptors (Lipinski definition) is 6. The smallest absolute Gasteiger partial charge is 0.305 e. The lowest BCUT2D eigenvalue weighted by Gasteiger charge is -2.22. The average Bonchev–Trinajstić information content (AvgIpc) is 3.34. The maximum absolute atomic E-state index is 13.2. The Morgan fingerprint density at radius 1 is 1.35 bits per heavy atom. The standard InChI is InChI=1S/C17H15F3N4S2/c1-7(16-23-14(17(18,19)20)13(25)15(21)24-16)11-4-9-10(8-2-3-8)6-26-12(9)5-22-11/h4-8,15H,2-3,21H2,1H3. The molecule has 3 heterocycles. The highest BCUT2D eigenvalue weighted by Crippen LogP contribution is 2.45. The van der Waals surface area contributed by atoms with E-state index >= 15 is 0 Å². The van der Waals surface area contributed by atoms with Crippen molar-refractivity contribution in [1.82, 2.24) is 4.98 Å². The van der Waals surface area contributed by atoms with Gasteiger partial charge in [-0.05, 0) is 48.1 Å². The van der Waals surface area contributed by atoms with E-state index in [-0.39, 0.29) is 5.84 Å². The predicted octanol–water partition coefficient (Wildman–Crippen LogP) is 4.35. The van der Waals surface area contributed by atoms with Crippen molar-refractivity contribution in [2.24, 2.45) is 15.7 Å². The van der Waals surface area contributed by atoms with E-state index in [1.165, 1.54) is 18.4 Å². The number of aromatic nitrogens is 1. The Morgan fingerprint density at radius 2 is 2.08 bits per heavy atom. The second-order valence-electron chi connectivity index (χ2n) is 6.55. The van der Waals surface area contributed by atoms with E-state index in [2.05, 4.69) is 20.3 Å². The SMILES string of the molecule is CC(C1=NC(N)C(=S)C(C(F)(F)F)=N1)c1cc2c(C3CC3)csc2cn1. The molecule has 2 atom stereocenters. The molecule has 0 saturated heterocycles. The lowest BCUT2D eigenvalue weighted by atomic mass is 10.0. The molecule has 0 spiro atoms. The van der Waals surface area contributed by atoms with Gasteiger partial charge in [0, 0.05) is 6.20 Å². The van der Waals surface area contributed by atoms with Gasteiger partial charge in [-0.2, -0.15) is 13.2 Å². The Balaban J connectivity index is 1.73. The van der Waals surface area contributed by atoms with Crippen molar-refractivity contribution in [2.75, 3.05) is 0 Å². The first kappa shape index (κ1) is 17.7. The van der Waals surface area contributed by atoms with Crippen molar-refractivity contribution in [1.29, 1.82) is 0 Å². The highest BCUT2D eigenvalue weighted by Gasteiger charge is 2.42. The van der Waals surface area contributed by atoms with Crippen LogP contribution >= 0.6 is 23.6 Å². The molecule has 4 rings (SSSR count). The normalized spacial score (nSPS) is 22.3. The molecule has 2 unspecified atom stereocenters. The van der Waals surface area contributed by atoms with Crippen molar-refractivity contribution in [3.8, 4) is 0 Å². The van der Waals surface area contributed by atoms with Crippen molar-refractivity contribution in [2.45, 2.75) is 43.9 Å². The molecule has 9 heteroatoms. The summed E-state index contributed by atoms with van der Waals surface area (Å²) < 4.78 is 40.6. The fourth-order valence-electron chi connectivity index (χ4n) is 3.00. The number of pyridine rings is 1. The van der Waals surface area contributed by atoms with E-state index in [4.69, 9.17) is 18.0 Å². The molecule has 26 heavy (non-hydrogen) atoms. The van der Waals surface area contributed by atoms with E-state index in [9.17, 15) is 13.2 Å². The van der Waals surface area contributed by atoms with Crippen molar-refractivity contribution >= 4 is 50.1 Å². The van der Waals surface area contributed by atoms with Crippen LogP contribution in [0.15, 0.2) is 27.6 Å². The number of amidine groups is 1. The van der Waals surface area contributed by atoms with Gasteiger partial charge in [0.15, 0.2) is 5.71 Å². The van der Waals surface area contributed by atoms with Crippen molar-refractivity contribution in [3.63, 3.8) is 0 Å². The van der Waals surface area contributed by atoms with Crippen LogP contribution in [0.3, 0.4) is 0 Å². The van der Waals surface area contributed by atoms with Gasteiger partial charge in [-0.1, -0.05) is 12.2 Å². The topological polar surface area (TPSA) is 63.6 Å². The summed E-state index contributed by atoms with van der Waals surface area (Å²) in [6.07, 6.45) is -1.75. The Kier molecular flexibility index (Phi) is 4.20. The molecule has 1 aliphatic heterocycles. The number of aliphatic imine (C=N–C) groups is 2. The van der Waals surface area contributed by atoms with Crippen LogP contribution in [-0.2, 0) is 0 Å². The number of hydrogen-bond donors (Lipinski definition) is 1. The van der Waals surface area contributed by atoms with Crippen LogP contribution in [0.5, 0.6) is 0 Å². The second kappa shape index (κ2) is 6.17. The lowest BCUT2D eigenvalue weighted by Crippen LogP contribution is -2.44. The zero-order valence-corrected chi connectivity index (χ0v) is 15.4. The van der Waals surface area contributed by atoms with E-state index in [0.29, 0.717) is 11.6 Å². The highest BCUT2D eigenvalue weighted by atomic mass is 32.1. The summed E-state index contributed by atoms with van der Waals surface area (Å²) in [5, 5.41) is 3.26. The number of thiophene rings is 1. The maximum Gasteiger partial charge on any atom is 0.434 e. The van der Waals surface area contributed by atoms with E-state index in [1.807, 2.05) is 6.07 Å². The molecule has 2 aliphatic rings. The molecular formula is C17H15F3N4S2. The van der Waals surface area contributed by atoms with Crippen LogP contribution in [-0.4, -0.2) is 33.7 Å². The molecule has 2 aromatic rings. The fraction of sp³-hybridized carbons (Fsp3) is 0.412. The number of alkyl halides is 3. The molecule has 1 aliphatic carbocycles. The summed E-state index contributed by atoms with van der Waals surface area (Å²) in [7, 11) is 0. The molecule has 0 amide bonds. The predicted molar refractivity (Wildman–Crippen MR) is 102 cm³/mol. The lowest BCUT2D eigenvalue weighted by molar-refractivity contribution is -0.0566. The Labute approximate surface area is 157 Å². The molecule has 0 radical (unpaired) electrons. The number of nitrogens with zero attached hydrogens (tertiary/aromatic N) is 3. The first-order valence-corrected chi connectivity index (χ1v) is 9.45. The molecular weight excluding hydrogens is 381 g/mol. The monoisotopic (exact) mass is 396 g/mol. The van der Waals surface area contributed by atoms with Crippen LogP contribution in [0.25, 0.3) is 10.1 Å². The van der Waals surface area contributed by atoms with Crippen LogP contribution in [0.2, 0.25) is 0 Å². The second-order valence-corrected chi connectivity index (χ2v) is 7.90. The zero-order valence-electron chi connectivity index (χ0n) is 13.7. The molecule has 1 saturated carbocycles. The quantitative estimate of drug-likeness (QED) is 0.785. The number of thiocarbonyl (C=S) groups is 1. The third-order valence-corrected chi connectivity index (χ3v) is 6.01. The summed E-state index contributed by atoms with van der Waals surface area (Å²) in [6.45, 7) is 1.73. The summed E-state index contributed by atoms with van der Waals surface area (Å²) in [6, 6.07) is 1.94. The van der Waals surface area contributed by atoms with E-state index in [0.717, 1.165) is 10.1 Å². The van der Waals surface area contributed by atoms with Gasteiger partial charge in [-0.25, -0.2) is 9.98 Å². The minimum atomic E-state index is -4.65. The van der Waals surface area contributed by atoms with Crippen LogP contribution in [0.4, 0.5) is 13.2 Å². The molecule has 136 valence electrons. The number of halogens is 3. The van der Waals surface area contributed by atoms with Crippen molar-refractivity contribution in [3.05, 3.63) is 28.9 Å². The van der Waals surface area contributed by atoms with Gasteiger partial charge in [-0.3, -0.25) is 4.98 Å². The van der Waals surface area contributed by atoms with Gasteiger partial charge in [0.1, 0.15) is 12.0 Å². The number of fused-ring (bicyclic) bond motifs is 1. The maximum atomic E-state index is 13.2. The Hall–Kier alpha value is -1.71. The van der Waals surface area contributed by atoms with Gasteiger partial charge in [0.25, 0.3) is 0 Å². The molecule has 2 aromatic heterocycles. The van der Waals surface area contributed by atoms with Gasteiger partial charge in [0.05, 0.1) is 21.2 Å². The van der Waals surface area contributed by atoms with Gasteiger partial charge >= 0.3 is 6.18 Å². The van der Waals surface area contributed by atoms with Crippen LogP contribution in [0, 0.1) is 0 Å². The summed E-state index contributed by atoms with van der Waals surface area (Å²) in [5.74, 6) is 0.0771. The molecule has 2 N–H and O–H groups in total. The van der Waals surface area contributed by atoms with Crippen LogP contribution < -0.4 is 5.73 Å². The van der Waals surface area contributed by atoms with Crippen molar-refractivity contribution < 1.29 is 13.2 Å². The average molecular weight is 396 g/mol. The summed E-state index contributed by atoms with van der Waals surface area (Å²) in [5.41, 5.74) is 6.48. The molecule has 0 aromatic carbocycles. The first-order valence-electron chi connectivity index (χ1n) is 8.16. The van der Waals surface area contributed by atoms with Gasteiger partial charge < -0.3 is 5.73 Å². The minimum Gasteiger partial charge on any atom is -0.305 e. The third kappa shape index (κ3) is 3.08. The Morgan fingerprint density at radius 3 is 2.73 bits per heavy atom. The molecule has 4 nitrogen and oxygen atoms in total. The van der Waals surface area contributed by atoms with Crippen LogP contribution in [0.1, 0.15) is 42.9 Å². The largest absolute Gasteiger partial charge is 0.434 e. The summed E-state index contributed by atoms with van der Waals surface area (Å²) >= 11 is 6.40. The molecule has 0 bridgehead atoms. The number of rotatable bonds is 3. The highest BCUT2D eigenvalue weighted by molar-refractivity contribution is 7.82. The minimum absolute atomic E-state index is 0.00785. The van der Waals surface area contributed by atoms with E-state index < -0.39 is 28.8 Å². The van der Waals surface area contributed by atoms with E-state index in [1.54, 1.807) is 24.5 Å². The Bertz CT molecular complexity index is 957. The fourth-order valence-corrected chi connectivity index (χ4v) is 4.20. The zero-order chi connectivity index (χ0) is 18.6. The van der Waals surface area contributed by atoms with Gasteiger partial charge in [0.2, 0.25) is 0 Å². The summed E-state index contributed by atoms with van der Waals surface area (Å²) in [4.78, 5) is 11.7. The first-order chi connectivity index (χ1) is 12.3. The molecule has 1 fully saturated rings. The number of nitrogens with two attached hydrogens (primary N) is 1.